The number of amides is 2. The van der Waals surface area contributed by atoms with Crippen LogP contribution in [0.1, 0.15) is 6.92 Å². The first-order chi connectivity index (χ1) is 8.66. The highest BCUT2D eigenvalue weighted by atomic mass is 32.2. The summed E-state index contributed by atoms with van der Waals surface area (Å²) in [7, 11) is -0.780. The molecule has 1 aliphatic heterocycles. The maximum atomic E-state index is 12.1. The van der Waals surface area contributed by atoms with Gasteiger partial charge in [-0.1, -0.05) is 0 Å². The lowest BCUT2D eigenvalue weighted by Crippen LogP contribution is -2.45. The molecular weight excluding hydrogens is 272 g/mol. The zero-order chi connectivity index (χ0) is 14.8. The van der Waals surface area contributed by atoms with Crippen LogP contribution >= 0.6 is 0 Å². The molecule has 2 amide bonds. The van der Waals surface area contributed by atoms with Gasteiger partial charge in [0.05, 0.1) is 5.92 Å². The molecule has 1 heterocycles. The van der Waals surface area contributed by atoms with Crippen molar-refractivity contribution in [3.05, 3.63) is 0 Å². The van der Waals surface area contributed by atoms with E-state index in [1.807, 2.05) is 0 Å². The third kappa shape index (κ3) is 3.64. The Bertz CT molecular complexity index is 462. The normalized spacial score (nSPS) is 22.3. The second kappa shape index (κ2) is 5.85. The van der Waals surface area contributed by atoms with Crippen molar-refractivity contribution in [2.75, 3.05) is 40.3 Å². The summed E-state index contributed by atoms with van der Waals surface area (Å²) in [5.74, 6) is -1.50. The molecule has 0 aromatic rings. The summed E-state index contributed by atoms with van der Waals surface area (Å²) < 4.78 is 26.4. The van der Waals surface area contributed by atoms with E-state index in [4.69, 9.17) is 5.73 Å². The fraction of sp³-hybridized carbons (Fsp3) is 0.800. The van der Waals surface area contributed by atoms with Crippen LogP contribution in [0.4, 0.5) is 0 Å². The van der Waals surface area contributed by atoms with E-state index in [0.717, 1.165) is 4.31 Å². The molecule has 1 atom stereocenters. The van der Waals surface area contributed by atoms with Crippen LogP contribution in [0.5, 0.6) is 0 Å². The van der Waals surface area contributed by atoms with Gasteiger partial charge in [-0.05, 0) is 0 Å². The molecule has 0 saturated carbocycles. The van der Waals surface area contributed by atoms with Crippen LogP contribution < -0.4 is 5.73 Å². The minimum atomic E-state index is -3.62. The Hall–Kier alpha value is -1.19. The minimum Gasteiger partial charge on any atom is -0.369 e. The van der Waals surface area contributed by atoms with E-state index < -0.39 is 22.0 Å². The Balaban J connectivity index is 3.00. The number of hydrogen-bond donors (Lipinski definition) is 1. The molecular formula is C10H20N4O4S. The lowest BCUT2D eigenvalue weighted by molar-refractivity contribution is -0.130. The van der Waals surface area contributed by atoms with Gasteiger partial charge in [0, 0.05) is 47.2 Å². The van der Waals surface area contributed by atoms with E-state index in [-0.39, 0.29) is 32.1 Å². The molecule has 0 bridgehead atoms. The Kier molecular flexibility index (Phi) is 4.88. The SMILES string of the molecule is CC(=O)N1CCN(S(=O)(=O)N(C)C)CC(C(N)=O)C1. The third-order valence-corrected chi connectivity index (χ3v) is 5.03. The molecule has 1 rings (SSSR count). The molecule has 1 fully saturated rings. The minimum absolute atomic E-state index is 0.000370. The average molecular weight is 292 g/mol. The van der Waals surface area contributed by atoms with Crippen LogP contribution in [0.25, 0.3) is 0 Å². The lowest BCUT2D eigenvalue weighted by atomic mass is 10.1. The summed E-state index contributed by atoms with van der Waals surface area (Å²) in [6, 6.07) is 0. The Labute approximate surface area is 113 Å². The Morgan fingerprint density at radius 2 is 1.79 bits per heavy atom. The first kappa shape index (κ1) is 15.9. The number of nitrogens with zero attached hydrogens (tertiary/aromatic N) is 3. The molecule has 1 unspecified atom stereocenters. The number of nitrogens with two attached hydrogens (primary N) is 1. The van der Waals surface area contributed by atoms with Gasteiger partial charge >= 0.3 is 0 Å². The van der Waals surface area contributed by atoms with E-state index in [0.29, 0.717) is 0 Å². The van der Waals surface area contributed by atoms with Gasteiger partial charge in [0.25, 0.3) is 10.2 Å². The molecule has 2 N–H and O–H groups in total. The van der Waals surface area contributed by atoms with Gasteiger partial charge in [-0.25, -0.2) is 0 Å². The van der Waals surface area contributed by atoms with Crippen molar-refractivity contribution in [1.82, 2.24) is 13.5 Å². The van der Waals surface area contributed by atoms with E-state index in [1.165, 1.54) is 30.2 Å². The van der Waals surface area contributed by atoms with Crippen LogP contribution in [-0.2, 0) is 19.8 Å². The molecule has 110 valence electrons. The highest BCUT2D eigenvalue weighted by Crippen LogP contribution is 2.14. The first-order valence-corrected chi connectivity index (χ1v) is 7.28. The van der Waals surface area contributed by atoms with Gasteiger partial charge in [-0.2, -0.15) is 17.0 Å². The molecule has 0 radical (unpaired) electrons. The number of carbonyl (C=O) groups excluding carboxylic acids is 2. The van der Waals surface area contributed by atoms with E-state index >= 15 is 0 Å². The predicted molar refractivity (Wildman–Crippen MR) is 69.1 cm³/mol. The molecule has 8 nitrogen and oxygen atoms in total. The van der Waals surface area contributed by atoms with Crippen LogP contribution in [0, 0.1) is 5.92 Å². The monoisotopic (exact) mass is 292 g/mol. The second-order valence-corrected chi connectivity index (χ2v) is 6.85. The van der Waals surface area contributed by atoms with E-state index in [2.05, 4.69) is 0 Å². The maximum Gasteiger partial charge on any atom is 0.281 e. The molecule has 0 aromatic heterocycles. The zero-order valence-electron chi connectivity index (χ0n) is 11.4. The van der Waals surface area contributed by atoms with Gasteiger partial charge in [-0.15, -0.1) is 0 Å². The van der Waals surface area contributed by atoms with Crippen LogP contribution in [0.3, 0.4) is 0 Å². The standard InChI is InChI=1S/C10H20N4O4S/c1-8(15)13-4-5-14(19(17,18)12(2)3)7-9(6-13)10(11)16/h9H,4-7H2,1-3H3,(H2,11,16). The fourth-order valence-corrected chi connectivity index (χ4v) is 3.03. The summed E-state index contributed by atoms with van der Waals surface area (Å²) in [5, 5.41) is 0. The van der Waals surface area contributed by atoms with Crippen LogP contribution in [0.15, 0.2) is 0 Å². The van der Waals surface area contributed by atoms with Crippen LogP contribution in [0.2, 0.25) is 0 Å². The van der Waals surface area contributed by atoms with Gasteiger partial charge in [0.1, 0.15) is 0 Å². The molecule has 0 aromatic carbocycles. The molecule has 1 aliphatic rings. The summed E-state index contributed by atoms with van der Waals surface area (Å²) in [4.78, 5) is 24.2. The predicted octanol–water partition coefficient (Wildman–Crippen LogP) is -1.94. The Morgan fingerprint density at radius 3 is 2.21 bits per heavy atom. The van der Waals surface area contributed by atoms with E-state index in [9.17, 15) is 18.0 Å². The smallest absolute Gasteiger partial charge is 0.281 e. The van der Waals surface area contributed by atoms with Gasteiger partial charge in [0.2, 0.25) is 11.8 Å². The van der Waals surface area contributed by atoms with Crippen molar-refractivity contribution in [2.24, 2.45) is 11.7 Å². The topological polar surface area (TPSA) is 104 Å². The van der Waals surface area contributed by atoms with Crippen LogP contribution in [-0.4, -0.2) is 74.0 Å². The highest BCUT2D eigenvalue weighted by Gasteiger charge is 2.34. The lowest BCUT2D eigenvalue weighted by Gasteiger charge is -2.25. The first-order valence-electron chi connectivity index (χ1n) is 5.88. The maximum absolute atomic E-state index is 12.1. The number of carbonyl (C=O) groups is 2. The second-order valence-electron chi connectivity index (χ2n) is 4.71. The summed E-state index contributed by atoms with van der Waals surface area (Å²) in [6.07, 6.45) is 0. The molecule has 1 saturated heterocycles. The quantitative estimate of drug-likeness (QED) is 0.653. The van der Waals surface area contributed by atoms with Crippen molar-refractivity contribution in [2.45, 2.75) is 6.92 Å². The summed E-state index contributed by atoms with van der Waals surface area (Å²) in [5.41, 5.74) is 5.27. The van der Waals surface area contributed by atoms with Crippen molar-refractivity contribution in [3.63, 3.8) is 0 Å². The van der Waals surface area contributed by atoms with E-state index in [1.54, 1.807) is 0 Å². The highest BCUT2D eigenvalue weighted by molar-refractivity contribution is 7.86. The summed E-state index contributed by atoms with van der Waals surface area (Å²) >= 11 is 0. The van der Waals surface area contributed by atoms with Gasteiger partial charge in [0.15, 0.2) is 0 Å². The number of primary amides is 1. The largest absolute Gasteiger partial charge is 0.369 e. The summed E-state index contributed by atoms with van der Waals surface area (Å²) in [6.45, 7) is 1.95. The van der Waals surface area contributed by atoms with Crippen molar-refractivity contribution >= 4 is 22.0 Å². The fourth-order valence-electron chi connectivity index (χ4n) is 1.89. The zero-order valence-corrected chi connectivity index (χ0v) is 12.2. The molecule has 19 heavy (non-hydrogen) atoms. The Morgan fingerprint density at radius 1 is 1.21 bits per heavy atom. The van der Waals surface area contributed by atoms with Crippen molar-refractivity contribution in [3.8, 4) is 0 Å². The van der Waals surface area contributed by atoms with Crippen molar-refractivity contribution in [1.29, 1.82) is 0 Å². The molecule has 0 aliphatic carbocycles. The van der Waals surface area contributed by atoms with Gasteiger partial charge < -0.3 is 10.6 Å². The number of hydrogen-bond acceptors (Lipinski definition) is 4. The van der Waals surface area contributed by atoms with Crippen molar-refractivity contribution < 1.29 is 18.0 Å². The average Bonchev–Trinajstić information content (AvgIpc) is 2.51. The molecule has 0 spiro atoms. The van der Waals surface area contributed by atoms with Gasteiger partial charge in [-0.3, -0.25) is 9.59 Å². The molecule has 9 heteroatoms. The third-order valence-electron chi connectivity index (χ3n) is 3.12. The number of rotatable bonds is 3.